The summed E-state index contributed by atoms with van der Waals surface area (Å²) < 4.78 is 0.982. The fourth-order valence-corrected chi connectivity index (χ4v) is 1.93. The molecular formula is C8H5BrN2S. The Bertz CT molecular complexity index is 372. The lowest BCUT2D eigenvalue weighted by Crippen LogP contribution is -1.79. The first-order chi connectivity index (χ1) is 5.88. The first-order valence-electron chi connectivity index (χ1n) is 3.36. The number of thiazole rings is 1. The van der Waals surface area contributed by atoms with Crippen molar-refractivity contribution in [2.75, 3.05) is 0 Å². The highest BCUT2D eigenvalue weighted by molar-refractivity contribution is 9.10. The Labute approximate surface area is 82.4 Å². The number of aromatic nitrogens is 2. The van der Waals surface area contributed by atoms with Gasteiger partial charge in [0.1, 0.15) is 0 Å². The highest BCUT2D eigenvalue weighted by Crippen LogP contribution is 2.26. The quantitative estimate of drug-likeness (QED) is 0.767. The van der Waals surface area contributed by atoms with E-state index in [9.17, 15) is 0 Å². The van der Waals surface area contributed by atoms with Crippen molar-refractivity contribution in [2.24, 2.45) is 0 Å². The maximum atomic E-state index is 4.21. The second-order valence-electron chi connectivity index (χ2n) is 2.23. The number of pyridine rings is 1. The van der Waals surface area contributed by atoms with Crippen molar-refractivity contribution in [1.82, 2.24) is 9.97 Å². The molecule has 2 aromatic rings. The summed E-state index contributed by atoms with van der Waals surface area (Å²) in [6.45, 7) is 0. The van der Waals surface area contributed by atoms with Gasteiger partial charge in [-0.3, -0.25) is 4.98 Å². The lowest BCUT2D eigenvalue weighted by Gasteiger charge is -1.97. The van der Waals surface area contributed by atoms with Crippen LogP contribution in [0.3, 0.4) is 0 Å². The normalized spacial score (nSPS) is 10.1. The molecule has 2 rings (SSSR count). The van der Waals surface area contributed by atoms with Crippen LogP contribution in [0, 0.1) is 0 Å². The third-order valence-electron chi connectivity index (χ3n) is 1.48. The van der Waals surface area contributed by atoms with Crippen LogP contribution in [0.1, 0.15) is 0 Å². The van der Waals surface area contributed by atoms with E-state index in [0.717, 1.165) is 15.7 Å². The second kappa shape index (κ2) is 3.33. The van der Waals surface area contributed by atoms with E-state index < -0.39 is 0 Å². The fourth-order valence-electron chi connectivity index (χ4n) is 0.928. The van der Waals surface area contributed by atoms with Gasteiger partial charge in [-0.05, 0) is 22.0 Å². The van der Waals surface area contributed by atoms with E-state index in [1.165, 1.54) is 0 Å². The molecule has 60 valence electrons. The Hall–Kier alpha value is -0.740. The molecule has 0 radical (unpaired) electrons. The fraction of sp³-hybridized carbons (Fsp3) is 0. The molecule has 0 aliphatic carbocycles. The summed E-state index contributed by atoms with van der Waals surface area (Å²) in [5.41, 5.74) is 3.91. The minimum atomic E-state index is 0.982. The molecule has 2 heterocycles. The molecule has 0 spiro atoms. The molecule has 0 unspecified atom stereocenters. The summed E-state index contributed by atoms with van der Waals surface area (Å²) in [5, 5.41) is 2.01. The van der Waals surface area contributed by atoms with Gasteiger partial charge >= 0.3 is 0 Å². The van der Waals surface area contributed by atoms with Crippen molar-refractivity contribution in [1.29, 1.82) is 0 Å². The molecule has 0 bridgehead atoms. The Kier molecular flexibility index (Phi) is 2.19. The van der Waals surface area contributed by atoms with E-state index in [4.69, 9.17) is 0 Å². The van der Waals surface area contributed by atoms with Crippen LogP contribution in [0.2, 0.25) is 0 Å². The number of nitrogens with zero attached hydrogens (tertiary/aromatic N) is 2. The van der Waals surface area contributed by atoms with Crippen LogP contribution < -0.4 is 0 Å². The van der Waals surface area contributed by atoms with Crippen LogP contribution in [-0.4, -0.2) is 9.97 Å². The van der Waals surface area contributed by atoms with Gasteiger partial charge in [-0.15, -0.1) is 11.3 Å². The van der Waals surface area contributed by atoms with E-state index in [0.29, 0.717) is 0 Å². The molecular weight excluding hydrogens is 236 g/mol. The standard InChI is InChI=1S/C8H5BrN2S/c9-7-3-10-2-1-6(7)8-4-12-5-11-8/h1-5H. The summed E-state index contributed by atoms with van der Waals surface area (Å²) in [4.78, 5) is 8.19. The maximum Gasteiger partial charge on any atom is 0.0823 e. The summed E-state index contributed by atoms with van der Waals surface area (Å²) in [5.74, 6) is 0. The van der Waals surface area contributed by atoms with Crippen molar-refractivity contribution in [3.8, 4) is 11.3 Å². The Morgan fingerprint density at radius 1 is 1.42 bits per heavy atom. The average molecular weight is 241 g/mol. The van der Waals surface area contributed by atoms with Crippen LogP contribution in [0.4, 0.5) is 0 Å². The molecule has 0 saturated heterocycles. The molecule has 0 amide bonds. The molecule has 0 saturated carbocycles. The molecule has 2 nitrogen and oxygen atoms in total. The van der Waals surface area contributed by atoms with Crippen LogP contribution in [0.5, 0.6) is 0 Å². The van der Waals surface area contributed by atoms with E-state index in [-0.39, 0.29) is 0 Å². The van der Waals surface area contributed by atoms with Crippen LogP contribution in [0.15, 0.2) is 33.8 Å². The zero-order valence-electron chi connectivity index (χ0n) is 6.07. The first kappa shape index (κ1) is 7.89. The van der Waals surface area contributed by atoms with Crippen LogP contribution in [0.25, 0.3) is 11.3 Å². The van der Waals surface area contributed by atoms with Crippen molar-refractivity contribution in [3.63, 3.8) is 0 Å². The van der Waals surface area contributed by atoms with E-state index in [1.54, 1.807) is 23.7 Å². The second-order valence-corrected chi connectivity index (χ2v) is 3.80. The number of rotatable bonds is 1. The first-order valence-corrected chi connectivity index (χ1v) is 5.09. The largest absolute Gasteiger partial charge is 0.264 e. The lowest BCUT2D eigenvalue weighted by atomic mass is 10.2. The van der Waals surface area contributed by atoms with Gasteiger partial charge < -0.3 is 0 Å². The van der Waals surface area contributed by atoms with E-state index >= 15 is 0 Å². The zero-order chi connectivity index (χ0) is 8.39. The predicted molar refractivity (Wildman–Crippen MR) is 53.0 cm³/mol. The van der Waals surface area contributed by atoms with Crippen molar-refractivity contribution < 1.29 is 0 Å². The Morgan fingerprint density at radius 2 is 2.33 bits per heavy atom. The highest BCUT2D eigenvalue weighted by Gasteiger charge is 2.02. The molecule has 12 heavy (non-hydrogen) atoms. The molecule has 4 heteroatoms. The molecule has 0 aromatic carbocycles. The predicted octanol–water partition coefficient (Wildman–Crippen LogP) is 2.97. The summed E-state index contributed by atoms with van der Waals surface area (Å²) in [7, 11) is 0. The van der Waals surface area contributed by atoms with Crippen molar-refractivity contribution >= 4 is 27.3 Å². The topological polar surface area (TPSA) is 25.8 Å². The number of hydrogen-bond donors (Lipinski definition) is 0. The van der Waals surface area contributed by atoms with E-state index in [2.05, 4.69) is 25.9 Å². The summed E-state index contributed by atoms with van der Waals surface area (Å²) >= 11 is 5.01. The van der Waals surface area contributed by atoms with Gasteiger partial charge in [-0.2, -0.15) is 0 Å². The van der Waals surface area contributed by atoms with Crippen LogP contribution in [-0.2, 0) is 0 Å². The van der Waals surface area contributed by atoms with Crippen molar-refractivity contribution in [3.05, 3.63) is 33.8 Å². The molecule has 2 aromatic heterocycles. The number of halogens is 1. The SMILES string of the molecule is Brc1cnccc1-c1cscn1. The lowest BCUT2D eigenvalue weighted by molar-refractivity contribution is 1.29. The minimum absolute atomic E-state index is 0.982. The van der Waals surface area contributed by atoms with Gasteiger partial charge in [0.15, 0.2) is 0 Å². The average Bonchev–Trinajstić information content (AvgIpc) is 2.57. The van der Waals surface area contributed by atoms with Gasteiger partial charge in [0.05, 0.1) is 11.2 Å². The van der Waals surface area contributed by atoms with Gasteiger partial charge in [0.2, 0.25) is 0 Å². The molecule has 0 aliphatic heterocycles. The Morgan fingerprint density at radius 3 is 3.00 bits per heavy atom. The molecule has 0 N–H and O–H groups in total. The molecule has 0 aliphatic rings. The van der Waals surface area contributed by atoms with Crippen LogP contribution >= 0.6 is 27.3 Å². The van der Waals surface area contributed by atoms with Gasteiger partial charge in [0.25, 0.3) is 0 Å². The minimum Gasteiger partial charge on any atom is -0.264 e. The number of hydrogen-bond acceptors (Lipinski definition) is 3. The molecule has 0 atom stereocenters. The Balaban J connectivity index is 2.55. The smallest absolute Gasteiger partial charge is 0.0823 e. The summed E-state index contributed by atoms with van der Waals surface area (Å²) in [6, 6.07) is 1.94. The van der Waals surface area contributed by atoms with Crippen molar-refractivity contribution in [2.45, 2.75) is 0 Å². The molecule has 0 fully saturated rings. The van der Waals surface area contributed by atoms with Gasteiger partial charge in [0, 0.05) is 27.8 Å². The summed E-state index contributed by atoms with van der Waals surface area (Å²) in [6.07, 6.45) is 3.54. The van der Waals surface area contributed by atoms with E-state index in [1.807, 2.05) is 17.0 Å². The maximum absolute atomic E-state index is 4.21. The van der Waals surface area contributed by atoms with Gasteiger partial charge in [-0.1, -0.05) is 0 Å². The third-order valence-corrected chi connectivity index (χ3v) is 2.70. The third kappa shape index (κ3) is 1.40. The highest BCUT2D eigenvalue weighted by atomic mass is 79.9. The zero-order valence-corrected chi connectivity index (χ0v) is 8.47. The van der Waals surface area contributed by atoms with Gasteiger partial charge in [-0.25, -0.2) is 4.98 Å². The monoisotopic (exact) mass is 240 g/mol.